The summed E-state index contributed by atoms with van der Waals surface area (Å²) in [6.45, 7) is 2.83. The van der Waals surface area contributed by atoms with Crippen molar-refractivity contribution >= 4 is 17.0 Å². The molecule has 1 N–H and O–H groups in total. The number of hydrogen-bond acceptors (Lipinski definition) is 5. The number of nitrogens with zero attached hydrogens (tertiary/aromatic N) is 2. The lowest BCUT2D eigenvalue weighted by molar-refractivity contribution is -0.385. The Hall–Kier alpha value is -1.86. The third kappa shape index (κ3) is 3.80. The number of thiazole rings is 1. The number of rotatable bonds is 5. The van der Waals surface area contributed by atoms with Crippen molar-refractivity contribution in [3.8, 4) is 0 Å². The number of halogens is 1. The Morgan fingerprint density at radius 3 is 2.84 bits per heavy atom. The van der Waals surface area contributed by atoms with Gasteiger partial charge in [-0.25, -0.2) is 9.37 Å². The van der Waals surface area contributed by atoms with Gasteiger partial charge in [-0.1, -0.05) is 0 Å². The van der Waals surface area contributed by atoms with Crippen molar-refractivity contribution in [1.82, 2.24) is 10.3 Å². The fraction of sp³-hybridized carbons (Fsp3) is 0.250. The lowest BCUT2D eigenvalue weighted by Gasteiger charge is -2.03. The summed E-state index contributed by atoms with van der Waals surface area (Å²) in [7, 11) is 0. The van der Waals surface area contributed by atoms with Gasteiger partial charge in [0.1, 0.15) is 5.82 Å². The van der Waals surface area contributed by atoms with Gasteiger partial charge in [-0.05, 0) is 18.6 Å². The van der Waals surface area contributed by atoms with E-state index in [2.05, 4.69) is 10.3 Å². The maximum atomic E-state index is 13.2. The van der Waals surface area contributed by atoms with E-state index in [4.69, 9.17) is 0 Å². The molecule has 1 aromatic heterocycles. The lowest BCUT2D eigenvalue weighted by Crippen LogP contribution is -2.13. The predicted molar refractivity (Wildman–Crippen MR) is 70.4 cm³/mol. The zero-order valence-corrected chi connectivity index (χ0v) is 11.0. The summed E-state index contributed by atoms with van der Waals surface area (Å²) in [5, 5.41) is 16.6. The molecule has 0 saturated carbocycles. The summed E-state index contributed by atoms with van der Waals surface area (Å²) in [4.78, 5) is 14.3. The molecule has 100 valence electrons. The molecule has 0 saturated heterocycles. The fourth-order valence-corrected chi connectivity index (χ4v) is 2.28. The molecule has 0 bridgehead atoms. The molecular weight excluding hydrogens is 269 g/mol. The smallest absolute Gasteiger partial charge is 0.272 e. The highest BCUT2D eigenvalue weighted by Gasteiger charge is 2.09. The van der Waals surface area contributed by atoms with E-state index in [9.17, 15) is 14.5 Å². The molecule has 0 fully saturated rings. The van der Waals surface area contributed by atoms with Gasteiger partial charge in [0.25, 0.3) is 5.69 Å². The van der Waals surface area contributed by atoms with Crippen molar-refractivity contribution in [2.45, 2.75) is 20.0 Å². The van der Waals surface area contributed by atoms with Crippen LogP contribution in [0.3, 0.4) is 0 Å². The molecule has 5 nitrogen and oxygen atoms in total. The summed E-state index contributed by atoms with van der Waals surface area (Å²) >= 11 is 1.56. The molecule has 0 aliphatic rings. The SMILES string of the molecule is Cc1nc(CNCc2cc(F)cc([N+](=O)[O-])c2)cs1. The molecule has 1 heterocycles. The monoisotopic (exact) mass is 281 g/mol. The van der Waals surface area contributed by atoms with E-state index in [-0.39, 0.29) is 5.69 Å². The summed E-state index contributed by atoms with van der Waals surface area (Å²) in [5.74, 6) is -0.601. The molecule has 19 heavy (non-hydrogen) atoms. The first-order chi connectivity index (χ1) is 9.04. The summed E-state index contributed by atoms with van der Waals surface area (Å²) in [5.41, 5.74) is 1.22. The van der Waals surface area contributed by atoms with E-state index in [1.807, 2.05) is 12.3 Å². The standard InChI is InChI=1S/C12H12FN3O2S/c1-8-15-11(7-19-8)6-14-5-9-2-10(13)4-12(3-9)16(17)18/h2-4,7,14H,5-6H2,1H3. The normalized spacial score (nSPS) is 10.6. The van der Waals surface area contributed by atoms with Crippen LogP contribution in [0.15, 0.2) is 23.6 Å². The van der Waals surface area contributed by atoms with E-state index in [1.54, 1.807) is 11.3 Å². The molecule has 0 amide bonds. The Kier molecular flexibility index (Phi) is 4.18. The molecule has 0 radical (unpaired) electrons. The van der Waals surface area contributed by atoms with E-state index >= 15 is 0 Å². The third-order valence-corrected chi connectivity index (χ3v) is 3.28. The van der Waals surface area contributed by atoms with Crippen LogP contribution < -0.4 is 5.32 Å². The zero-order valence-electron chi connectivity index (χ0n) is 10.2. The van der Waals surface area contributed by atoms with Gasteiger partial charge in [-0.2, -0.15) is 0 Å². The van der Waals surface area contributed by atoms with Crippen LogP contribution >= 0.6 is 11.3 Å². The molecular formula is C12H12FN3O2S. The number of aromatic nitrogens is 1. The molecule has 0 spiro atoms. The Morgan fingerprint density at radius 1 is 1.42 bits per heavy atom. The van der Waals surface area contributed by atoms with Crippen LogP contribution in [0, 0.1) is 22.9 Å². The fourth-order valence-electron chi connectivity index (χ4n) is 1.67. The highest BCUT2D eigenvalue weighted by atomic mass is 32.1. The number of hydrogen-bond donors (Lipinski definition) is 1. The molecule has 0 atom stereocenters. The van der Waals surface area contributed by atoms with E-state index in [1.165, 1.54) is 12.1 Å². The highest BCUT2D eigenvalue weighted by Crippen LogP contribution is 2.16. The molecule has 1 aromatic carbocycles. The van der Waals surface area contributed by atoms with Gasteiger partial charge in [0, 0.05) is 24.5 Å². The quantitative estimate of drug-likeness (QED) is 0.676. The second kappa shape index (κ2) is 5.85. The topological polar surface area (TPSA) is 68.1 Å². The average Bonchev–Trinajstić information content (AvgIpc) is 2.74. The van der Waals surface area contributed by atoms with Crippen molar-refractivity contribution in [3.63, 3.8) is 0 Å². The van der Waals surface area contributed by atoms with Crippen LogP contribution in [0.25, 0.3) is 0 Å². The van der Waals surface area contributed by atoms with Crippen molar-refractivity contribution in [3.05, 3.63) is 55.8 Å². The molecule has 0 aliphatic carbocycles. The van der Waals surface area contributed by atoms with E-state index in [0.29, 0.717) is 18.7 Å². The van der Waals surface area contributed by atoms with Gasteiger partial charge in [-0.15, -0.1) is 11.3 Å². The van der Waals surface area contributed by atoms with Gasteiger partial charge >= 0.3 is 0 Å². The second-order valence-corrected chi connectivity index (χ2v) is 5.10. The van der Waals surface area contributed by atoms with Crippen LogP contribution in [0.1, 0.15) is 16.3 Å². The molecule has 2 rings (SSSR count). The van der Waals surface area contributed by atoms with Gasteiger partial charge < -0.3 is 5.32 Å². The van der Waals surface area contributed by atoms with Gasteiger partial charge in [0.15, 0.2) is 0 Å². The minimum atomic E-state index is -0.601. The van der Waals surface area contributed by atoms with Crippen molar-refractivity contribution in [1.29, 1.82) is 0 Å². The van der Waals surface area contributed by atoms with Crippen molar-refractivity contribution in [2.24, 2.45) is 0 Å². The van der Waals surface area contributed by atoms with Crippen LogP contribution in [0.5, 0.6) is 0 Å². The first-order valence-electron chi connectivity index (χ1n) is 5.60. The molecule has 0 aliphatic heterocycles. The minimum absolute atomic E-state index is 0.235. The van der Waals surface area contributed by atoms with Crippen molar-refractivity contribution < 1.29 is 9.31 Å². The number of non-ortho nitro benzene ring substituents is 1. The Labute approximate surface area is 113 Å². The summed E-state index contributed by atoms with van der Waals surface area (Å²) < 4.78 is 13.2. The Balaban J connectivity index is 1.97. The predicted octanol–water partition coefficient (Wildman–Crippen LogP) is 2.79. The number of nitro groups is 1. The Morgan fingerprint density at radius 2 is 2.21 bits per heavy atom. The van der Waals surface area contributed by atoms with Crippen molar-refractivity contribution in [2.75, 3.05) is 0 Å². The highest BCUT2D eigenvalue weighted by molar-refractivity contribution is 7.09. The molecule has 7 heteroatoms. The van der Waals surface area contributed by atoms with Gasteiger partial charge in [0.05, 0.1) is 21.7 Å². The van der Waals surface area contributed by atoms with Crippen LogP contribution in [-0.4, -0.2) is 9.91 Å². The van der Waals surface area contributed by atoms with Crippen LogP contribution in [-0.2, 0) is 13.1 Å². The number of nitro benzene ring substituents is 1. The average molecular weight is 281 g/mol. The summed E-state index contributed by atoms with van der Waals surface area (Å²) in [6, 6.07) is 3.56. The van der Waals surface area contributed by atoms with Gasteiger partial charge in [0.2, 0.25) is 0 Å². The van der Waals surface area contributed by atoms with Gasteiger partial charge in [-0.3, -0.25) is 10.1 Å². The maximum Gasteiger partial charge on any atom is 0.272 e. The number of nitrogens with one attached hydrogen (secondary N) is 1. The van der Waals surface area contributed by atoms with Crippen LogP contribution in [0.4, 0.5) is 10.1 Å². The first-order valence-corrected chi connectivity index (χ1v) is 6.48. The van der Waals surface area contributed by atoms with E-state index < -0.39 is 10.7 Å². The summed E-state index contributed by atoms with van der Waals surface area (Å²) in [6.07, 6.45) is 0. The molecule has 2 aromatic rings. The van der Waals surface area contributed by atoms with E-state index in [0.717, 1.165) is 16.8 Å². The lowest BCUT2D eigenvalue weighted by atomic mass is 10.2. The second-order valence-electron chi connectivity index (χ2n) is 4.04. The number of benzene rings is 1. The number of aryl methyl sites for hydroxylation is 1. The largest absolute Gasteiger partial charge is 0.307 e. The zero-order chi connectivity index (χ0) is 13.8. The van der Waals surface area contributed by atoms with Crippen LogP contribution in [0.2, 0.25) is 0 Å². The first kappa shape index (κ1) is 13.6. The maximum absolute atomic E-state index is 13.2. The molecule has 0 unspecified atom stereocenters. The minimum Gasteiger partial charge on any atom is -0.307 e. The Bertz CT molecular complexity index is 600. The third-order valence-electron chi connectivity index (χ3n) is 2.45.